The third-order valence-corrected chi connectivity index (χ3v) is 1.62. The lowest BCUT2D eigenvalue weighted by Crippen LogP contribution is -2.21. The van der Waals surface area contributed by atoms with Crippen LogP contribution in [0.4, 0.5) is 4.39 Å². The van der Waals surface area contributed by atoms with Gasteiger partial charge in [-0.3, -0.25) is 0 Å². The van der Waals surface area contributed by atoms with Crippen molar-refractivity contribution >= 4 is 23.3 Å². The molecule has 1 rings (SSSR count). The summed E-state index contributed by atoms with van der Waals surface area (Å²) in [5, 5.41) is 16.7. The first-order valence-electron chi connectivity index (χ1n) is 3.07. The van der Waals surface area contributed by atoms with Gasteiger partial charge in [-0.1, -0.05) is 15.9 Å². The van der Waals surface area contributed by atoms with Crippen LogP contribution < -0.4 is 4.65 Å². The van der Waals surface area contributed by atoms with Crippen LogP contribution in [0.15, 0.2) is 22.7 Å². The molecule has 0 aliphatic carbocycles. The summed E-state index contributed by atoms with van der Waals surface area (Å²) >= 11 is 3.04. The van der Waals surface area contributed by atoms with Crippen molar-refractivity contribution in [3.63, 3.8) is 0 Å². The van der Waals surface area contributed by atoms with Crippen molar-refractivity contribution in [3.8, 4) is 5.75 Å². The molecule has 2 N–H and O–H groups in total. The lowest BCUT2D eigenvalue weighted by molar-refractivity contribution is 0.281. The second-order valence-electron chi connectivity index (χ2n) is 2.02. The van der Waals surface area contributed by atoms with Crippen molar-refractivity contribution in [2.45, 2.75) is 0 Å². The lowest BCUT2D eigenvalue weighted by atomic mass is 10.2. The topological polar surface area (TPSA) is 49.7 Å². The number of hydrogen-bond donors (Lipinski definition) is 2. The molecule has 0 unspecified atom stereocenters. The van der Waals surface area contributed by atoms with E-state index in [9.17, 15) is 4.39 Å². The van der Waals surface area contributed by atoms with Gasteiger partial charge < -0.3 is 14.7 Å². The Hall–Kier alpha value is -0.585. The highest BCUT2D eigenvalue weighted by Crippen LogP contribution is 2.21. The Bertz CT molecular complexity index is 281. The highest BCUT2D eigenvalue weighted by Gasteiger charge is 2.14. The van der Waals surface area contributed by atoms with E-state index in [4.69, 9.17) is 10.0 Å². The van der Waals surface area contributed by atoms with E-state index in [1.54, 1.807) is 0 Å². The summed E-state index contributed by atoms with van der Waals surface area (Å²) in [7, 11) is -2.00. The fourth-order valence-corrected chi connectivity index (χ4v) is 1.02. The Morgan fingerprint density at radius 1 is 1.42 bits per heavy atom. The minimum absolute atomic E-state index is 0.201. The molecule has 0 radical (unpaired) electrons. The van der Waals surface area contributed by atoms with Crippen LogP contribution in [-0.4, -0.2) is 17.4 Å². The maximum atomic E-state index is 12.8. The zero-order chi connectivity index (χ0) is 9.14. The van der Waals surface area contributed by atoms with Gasteiger partial charge in [0.2, 0.25) is 0 Å². The van der Waals surface area contributed by atoms with Crippen LogP contribution in [-0.2, 0) is 0 Å². The molecule has 1 aromatic carbocycles. The van der Waals surface area contributed by atoms with Crippen molar-refractivity contribution in [2.75, 3.05) is 0 Å². The molecule has 0 spiro atoms. The maximum absolute atomic E-state index is 12.8. The summed E-state index contributed by atoms with van der Waals surface area (Å²) in [6.07, 6.45) is 0. The van der Waals surface area contributed by atoms with Crippen molar-refractivity contribution < 1.29 is 19.1 Å². The molecule has 0 atom stereocenters. The van der Waals surface area contributed by atoms with E-state index < -0.39 is 13.1 Å². The van der Waals surface area contributed by atoms with Gasteiger partial charge in [-0.2, -0.15) is 0 Å². The summed E-state index contributed by atoms with van der Waals surface area (Å²) in [5.74, 6) is -0.856. The highest BCUT2D eigenvalue weighted by atomic mass is 79.9. The van der Waals surface area contributed by atoms with Gasteiger partial charge >= 0.3 is 7.32 Å². The molecule has 0 saturated heterocycles. The molecule has 6 heteroatoms. The zero-order valence-electron chi connectivity index (χ0n) is 5.87. The zero-order valence-corrected chi connectivity index (χ0v) is 7.45. The van der Waals surface area contributed by atoms with Gasteiger partial charge in [-0.25, -0.2) is 4.39 Å². The maximum Gasteiger partial charge on any atom is 0.707 e. The summed E-state index contributed by atoms with van der Waals surface area (Å²) in [4.78, 5) is 0. The molecular weight excluding hydrogens is 230 g/mol. The van der Waals surface area contributed by atoms with Crippen molar-refractivity contribution in [1.82, 2.24) is 0 Å². The fourth-order valence-electron chi connectivity index (χ4n) is 0.684. The first kappa shape index (κ1) is 9.50. The standard InChI is InChI=1S/C6H5BBrFO3/c8-4-1-2-6(5(9)3-4)12-7(10)11/h1-3,10-11H. The summed E-state index contributed by atoms with van der Waals surface area (Å²) in [6.45, 7) is 0. The first-order valence-corrected chi connectivity index (χ1v) is 3.87. The SMILES string of the molecule is OB(O)Oc1ccc(Br)cc1F. The molecule has 0 saturated carbocycles. The molecule has 3 nitrogen and oxygen atoms in total. The van der Waals surface area contributed by atoms with Crippen LogP contribution in [0.5, 0.6) is 5.75 Å². The number of benzene rings is 1. The van der Waals surface area contributed by atoms with Crippen molar-refractivity contribution in [3.05, 3.63) is 28.5 Å². The molecule has 0 heterocycles. The number of hydrogen-bond acceptors (Lipinski definition) is 3. The monoisotopic (exact) mass is 234 g/mol. The van der Waals surface area contributed by atoms with E-state index in [0.29, 0.717) is 4.47 Å². The van der Waals surface area contributed by atoms with Crippen LogP contribution in [0, 0.1) is 5.82 Å². The Morgan fingerprint density at radius 2 is 2.08 bits per heavy atom. The third kappa shape index (κ3) is 2.47. The van der Waals surface area contributed by atoms with E-state index in [1.807, 2.05) is 0 Å². The van der Waals surface area contributed by atoms with Gasteiger partial charge in [-0.15, -0.1) is 0 Å². The van der Waals surface area contributed by atoms with Gasteiger partial charge in [0.15, 0.2) is 5.82 Å². The normalized spacial score (nSPS) is 9.67. The van der Waals surface area contributed by atoms with Crippen LogP contribution in [0.25, 0.3) is 0 Å². The lowest BCUT2D eigenvalue weighted by Gasteiger charge is -2.04. The van der Waals surface area contributed by atoms with Gasteiger partial charge in [0, 0.05) is 4.47 Å². The quantitative estimate of drug-likeness (QED) is 0.749. The Kier molecular flexibility index (Phi) is 3.08. The number of halogens is 2. The van der Waals surface area contributed by atoms with Gasteiger partial charge in [-0.05, 0) is 18.2 Å². The molecule has 64 valence electrons. The van der Waals surface area contributed by atoms with E-state index in [0.717, 1.165) is 6.07 Å². The molecule has 0 aliphatic rings. The van der Waals surface area contributed by atoms with E-state index >= 15 is 0 Å². The van der Waals surface area contributed by atoms with Crippen LogP contribution in [0.2, 0.25) is 0 Å². The smallest absolute Gasteiger partial charge is 0.510 e. The van der Waals surface area contributed by atoms with Gasteiger partial charge in [0.05, 0.1) is 0 Å². The minimum atomic E-state index is -2.00. The first-order chi connectivity index (χ1) is 5.59. The van der Waals surface area contributed by atoms with Gasteiger partial charge in [0.1, 0.15) is 5.75 Å². The van der Waals surface area contributed by atoms with E-state index in [2.05, 4.69) is 20.6 Å². The van der Waals surface area contributed by atoms with Crippen LogP contribution in [0.3, 0.4) is 0 Å². The molecule has 1 aromatic rings. The second kappa shape index (κ2) is 3.89. The fraction of sp³-hybridized carbons (Fsp3) is 0. The van der Waals surface area contributed by atoms with Crippen LogP contribution >= 0.6 is 15.9 Å². The molecule has 0 amide bonds. The molecule has 0 fully saturated rings. The largest absolute Gasteiger partial charge is 0.707 e. The number of rotatable bonds is 2. The van der Waals surface area contributed by atoms with Crippen molar-refractivity contribution in [1.29, 1.82) is 0 Å². The average Bonchev–Trinajstić information content (AvgIpc) is 1.94. The molecule has 12 heavy (non-hydrogen) atoms. The summed E-state index contributed by atoms with van der Waals surface area (Å²) in [6, 6.07) is 3.98. The van der Waals surface area contributed by atoms with Crippen molar-refractivity contribution in [2.24, 2.45) is 0 Å². The Balaban J connectivity index is 2.86. The summed E-state index contributed by atoms with van der Waals surface area (Å²) in [5.41, 5.74) is 0. The highest BCUT2D eigenvalue weighted by molar-refractivity contribution is 9.10. The summed E-state index contributed by atoms with van der Waals surface area (Å²) < 4.78 is 17.7. The third-order valence-electron chi connectivity index (χ3n) is 1.13. The minimum Gasteiger partial charge on any atom is -0.510 e. The molecule has 0 bridgehead atoms. The van der Waals surface area contributed by atoms with Gasteiger partial charge in [0.25, 0.3) is 0 Å². The molecular formula is C6H5BBrFO3. The molecule has 0 aliphatic heterocycles. The van der Waals surface area contributed by atoms with E-state index in [1.165, 1.54) is 12.1 Å². The van der Waals surface area contributed by atoms with E-state index in [-0.39, 0.29) is 5.75 Å². The predicted octanol–water partition coefficient (Wildman–Crippen LogP) is 0.936. The predicted molar refractivity (Wildman–Crippen MR) is 44.9 cm³/mol. The Labute approximate surface area is 77.1 Å². The van der Waals surface area contributed by atoms with Crippen LogP contribution in [0.1, 0.15) is 0 Å². The average molecular weight is 235 g/mol. The molecule has 0 aromatic heterocycles. The second-order valence-corrected chi connectivity index (χ2v) is 2.93. The Morgan fingerprint density at radius 3 is 2.58 bits per heavy atom.